The summed E-state index contributed by atoms with van der Waals surface area (Å²) in [6.45, 7) is 9.95. The topological polar surface area (TPSA) is 129 Å². The van der Waals surface area contributed by atoms with E-state index in [2.05, 4.69) is 16.5 Å². The Hall–Kier alpha value is -3.14. The summed E-state index contributed by atoms with van der Waals surface area (Å²) in [7, 11) is 0. The first kappa shape index (κ1) is 26.9. The van der Waals surface area contributed by atoms with Gasteiger partial charge in [0.25, 0.3) is 0 Å². The Kier molecular flexibility index (Phi) is 6.55. The summed E-state index contributed by atoms with van der Waals surface area (Å²) in [6, 6.07) is -1.50. The molecule has 0 bridgehead atoms. The Morgan fingerprint density at radius 3 is 2.51 bits per heavy atom. The van der Waals surface area contributed by atoms with Crippen LogP contribution in [0, 0.1) is 34.0 Å². The fraction of sp³-hybridized carbons (Fsp3) is 0.708. The van der Waals surface area contributed by atoms with E-state index in [1.54, 1.807) is 25.5 Å². The van der Waals surface area contributed by atoms with Crippen LogP contribution in [0.1, 0.15) is 51.9 Å². The van der Waals surface area contributed by atoms with Gasteiger partial charge >= 0.3 is 12.1 Å². The molecule has 1 saturated heterocycles. The highest BCUT2D eigenvalue weighted by Gasteiger charge is 2.70. The third-order valence-corrected chi connectivity index (χ3v) is 7.80. The molecule has 1 aromatic heterocycles. The van der Waals surface area contributed by atoms with Crippen LogP contribution in [0.3, 0.4) is 0 Å². The van der Waals surface area contributed by atoms with Crippen LogP contribution in [0.5, 0.6) is 0 Å². The van der Waals surface area contributed by atoms with Crippen LogP contribution in [0.4, 0.5) is 13.2 Å². The van der Waals surface area contributed by atoms with E-state index in [0.29, 0.717) is 24.4 Å². The molecule has 202 valence electrons. The summed E-state index contributed by atoms with van der Waals surface area (Å²) in [5, 5.41) is 18.6. The second-order valence-corrected chi connectivity index (χ2v) is 11.6. The van der Waals surface area contributed by atoms with Crippen molar-refractivity contribution >= 4 is 17.7 Å². The Labute approximate surface area is 212 Å². The zero-order chi connectivity index (χ0) is 27.5. The smallest absolute Gasteiger partial charge is 0.373 e. The number of hydrogen-bond acceptors (Lipinski definition) is 6. The number of alkyl halides is 3. The number of halogens is 3. The Balaban J connectivity index is 1.59. The van der Waals surface area contributed by atoms with Crippen LogP contribution >= 0.6 is 0 Å². The van der Waals surface area contributed by atoms with E-state index in [9.17, 15) is 32.8 Å². The Morgan fingerprint density at radius 2 is 1.92 bits per heavy atom. The van der Waals surface area contributed by atoms with Gasteiger partial charge in [-0.25, -0.2) is 0 Å². The summed E-state index contributed by atoms with van der Waals surface area (Å²) in [5.41, 5.74) is -0.168. The quantitative estimate of drug-likeness (QED) is 0.603. The minimum atomic E-state index is -5.16. The van der Waals surface area contributed by atoms with E-state index in [0.717, 1.165) is 0 Å². The average molecular weight is 525 g/mol. The first-order valence-electron chi connectivity index (χ1n) is 12.1. The molecule has 2 N–H and O–H groups in total. The minimum absolute atomic E-state index is 0.0380. The zero-order valence-electron chi connectivity index (χ0n) is 21.3. The van der Waals surface area contributed by atoms with Crippen LogP contribution in [0.15, 0.2) is 6.20 Å². The molecular weight excluding hydrogens is 493 g/mol. The molecule has 1 aromatic rings. The summed E-state index contributed by atoms with van der Waals surface area (Å²) >= 11 is 0. The number of ether oxygens (including phenoxy) is 1. The largest absolute Gasteiger partial charge is 0.471 e. The molecular formula is C24H31F3N6O4. The van der Waals surface area contributed by atoms with E-state index >= 15 is 0 Å². The molecule has 3 aliphatic rings. The van der Waals surface area contributed by atoms with Crippen molar-refractivity contribution < 1.29 is 32.3 Å². The number of amides is 3. The molecule has 1 saturated carbocycles. The average Bonchev–Trinajstić information content (AvgIpc) is 3.19. The number of carbonyl (C=O) groups is 3. The number of rotatable bonds is 5. The van der Waals surface area contributed by atoms with Crippen LogP contribution in [0.25, 0.3) is 0 Å². The molecule has 1 aliphatic carbocycles. The molecule has 0 spiro atoms. The third-order valence-electron chi connectivity index (χ3n) is 7.80. The maximum Gasteiger partial charge on any atom is 0.471 e. The molecule has 0 aromatic carbocycles. The molecule has 37 heavy (non-hydrogen) atoms. The lowest BCUT2D eigenvalue weighted by Crippen LogP contribution is -2.60. The molecule has 4 rings (SSSR count). The lowest BCUT2D eigenvalue weighted by atomic mass is 9.85. The zero-order valence-corrected chi connectivity index (χ0v) is 21.3. The predicted octanol–water partition coefficient (Wildman–Crippen LogP) is 1.67. The first-order chi connectivity index (χ1) is 17.1. The van der Waals surface area contributed by atoms with E-state index in [1.165, 1.54) is 11.1 Å². The van der Waals surface area contributed by atoms with E-state index in [4.69, 9.17) is 4.74 Å². The third kappa shape index (κ3) is 4.79. The maximum absolute atomic E-state index is 13.6. The normalized spacial score (nSPS) is 25.8. The number of nitrogens with zero attached hydrogens (tertiary/aromatic N) is 4. The van der Waals surface area contributed by atoms with Gasteiger partial charge in [-0.15, -0.1) is 0 Å². The van der Waals surface area contributed by atoms with Gasteiger partial charge in [-0.05, 0) is 22.7 Å². The number of nitrogens with one attached hydrogen (secondary N) is 2. The molecule has 10 nitrogen and oxygen atoms in total. The number of hydrogen-bond donors (Lipinski definition) is 2. The molecule has 5 atom stereocenters. The fourth-order valence-corrected chi connectivity index (χ4v) is 5.58. The number of nitriles is 1. The second kappa shape index (κ2) is 9.01. The number of likely N-dealkylation sites (tertiary alicyclic amines) is 1. The Bertz CT molecular complexity index is 1150. The molecule has 3 amide bonds. The monoisotopic (exact) mass is 524 g/mol. The van der Waals surface area contributed by atoms with Gasteiger partial charge in [-0.3, -0.25) is 19.1 Å². The van der Waals surface area contributed by atoms with Gasteiger partial charge in [-0.2, -0.15) is 23.5 Å². The minimum Gasteiger partial charge on any atom is -0.373 e. The van der Waals surface area contributed by atoms with Crippen LogP contribution in [-0.4, -0.2) is 63.8 Å². The van der Waals surface area contributed by atoms with Crippen molar-refractivity contribution in [3.8, 4) is 6.07 Å². The molecule has 2 fully saturated rings. The van der Waals surface area contributed by atoms with E-state index in [1.807, 2.05) is 19.2 Å². The number of fused-ring (bicyclic) bond motifs is 2. The molecule has 13 heteroatoms. The Morgan fingerprint density at radius 1 is 1.24 bits per heavy atom. The lowest BCUT2D eigenvalue weighted by Gasteiger charge is -2.37. The molecule has 0 radical (unpaired) electrons. The predicted molar refractivity (Wildman–Crippen MR) is 122 cm³/mol. The molecule has 3 heterocycles. The summed E-state index contributed by atoms with van der Waals surface area (Å²) in [6.07, 6.45) is -3.66. The summed E-state index contributed by atoms with van der Waals surface area (Å²) in [4.78, 5) is 40.2. The molecule has 1 unspecified atom stereocenters. The van der Waals surface area contributed by atoms with Gasteiger partial charge in [0.1, 0.15) is 18.1 Å². The first-order valence-corrected chi connectivity index (χ1v) is 12.1. The lowest BCUT2D eigenvalue weighted by molar-refractivity contribution is -0.176. The summed E-state index contributed by atoms with van der Waals surface area (Å²) in [5.74, 6) is -3.84. The van der Waals surface area contributed by atoms with Crippen molar-refractivity contribution in [2.45, 2.75) is 72.1 Å². The standard InChI is InChI=1S/C24H31F3N6O4/c1-22(2,3)18(31-21(36)24(25,26)27)20(35)32-10-13-16(23(13,4)5)17(32)19(34)30-14(8-28)12-9-29-33-6-7-37-11-15(12)33/h9,13-14,16-18H,6-7,10-11H2,1-5H3,(H,30,34)(H,31,36)/t13-,14?,16-,17-,18+/m0/s1. The van der Waals surface area contributed by atoms with Crippen molar-refractivity contribution in [1.82, 2.24) is 25.3 Å². The van der Waals surface area contributed by atoms with Crippen LogP contribution < -0.4 is 10.6 Å². The van der Waals surface area contributed by atoms with Crippen molar-refractivity contribution in [1.29, 1.82) is 5.26 Å². The van der Waals surface area contributed by atoms with Gasteiger partial charge in [0.05, 0.1) is 37.7 Å². The van der Waals surface area contributed by atoms with Gasteiger partial charge in [0.15, 0.2) is 0 Å². The summed E-state index contributed by atoms with van der Waals surface area (Å²) < 4.78 is 46.2. The highest BCUT2D eigenvalue weighted by Crippen LogP contribution is 2.65. The second-order valence-electron chi connectivity index (χ2n) is 11.6. The fourth-order valence-electron chi connectivity index (χ4n) is 5.58. The van der Waals surface area contributed by atoms with Gasteiger partial charge < -0.3 is 20.3 Å². The van der Waals surface area contributed by atoms with Crippen molar-refractivity contribution in [2.24, 2.45) is 22.7 Å². The van der Waals surface area contributed by atoms with E-state index in [-0.39, 0.29) is 30.4 Å². The van der Waals surface area contributed by atoms with Crippen LogP contribution in [-0.2, 0) is 32.3 Å². The van der Waals surface area contributed by atoms with Gasteiger partial charge in [0.2, 0.25) is 11.8 Å². The number of carbonyl (C=O) groups excluding carboxylic acids is 3. The SMILES string of the molecule is CC(C)(C)[C@H](NC(=O)C(F)(F)F)C(=O)N1C[C@H]2[C@@H]([C@H]1C(=O)NC(C#N)c1cnn3c1COCC3)C2(C)C. The van der Waals surface area contributed by atoms with E-state index < -0.39 is 47.4 Å². The van der Waals surface area contributed by atoms with Crippen molar-refractivity contribution in [3.63, 3.8) is 0 Å². The highest BCUT2D eigenvalue weighted by atomic mass is 19.4. The van der Waals surface area contributed by atoms with Gasteiger partial charge in [0, 0.05) is 12.1 Å². The van der Waals surface area contributed by atoms with Crippen molar-refractivity contribution in [3.05, 3.63) is 17.5 Å². The number of piperidine rings is 1. The molecule has 2 aliphatic heterocycles. The highest BCUT2D eigenvalue weighted by molar-refractivity contribution is 5.95. The van der Waals surface area contributed by atoms with Crippen molar-refractivity contribution in [2.75, 3.05) is 13.2 Å². The van der Waals surface area contributed by atoms with Crippen LogP contribution in [0.2, 0.25) is 0 Å². The number of aromatic nitrogens is 2. The van der Waals surface area contributed by atoms with Gasteiger partial charge in [-0.1, -0.05) is 34.6 Å². The maximum atomic E-state index is 13.6.